The fourth-order valence-electron chi connectivity index (χ4n) is 4.45. The van der Waals surface area contributed by atoms with Crippen molar-refractivity contribution in [1.82, 2.24) is 19.7 Å². The van der Waals surface area contributed by atoms with E-state index in [-0.39, 0.29) is 11.9 Å². The van der Waals surface area contributed by atoms with Crippen molar-refractivity contribution in [3.63, 3.8) is 0 Å². The molecular weight excluding hydrogens is 384 g/mol. The van der Waals surface area contributed by atoms with E-state index < -0.39 is 0 Å². The molecule has 0 bridgehead atoms. The number of anilines is 2. The van der Waals surface area contributed by atoms with Crippen LogP contribution in [-0.4, -0.2) is 46.2 Å². The van der Waals surface area contributed by atoms with Gasteiger partial charge in [-0.25, -0.2) is 9.97 Å². The summed E-state index contributed by atoms with van der Waals surface area (Å²) in [6.07, 6.45) is 12.9. The minimum atomic E-state index is -0.159. The average molecular weight is 413 g/mol. The first-order valence-corrected chi connectivity index (χ1v) is 11.5. The lowest BCUT2D eigenvalue weighted by Crippen LogP contribution is -2.55. The zero-order valence-electron chi connectivity index (χ0n) is 17.3. The van der Waals surface area contributed by atoms with Gasteiger partial charge in [-0.2, -0.15) is 0 Å². The molecule has 0 aromatic carbocycles. The fraction of sp³-hybridized carbons (Fsp3) is 0.524. The molecule has 1 aliphatic carbocycles. The Morgan fingerprint density at radius 3 is 2.79 bits per heavy atom. The number of hydrogen-bond acceptors (Lipinski definition) is 7. The predicted molar refractivity (Wildman–Crippen MR) is 118 cm³/mol. The number of amides is 1. The molecule has 1 N–H and O–H groups in total. The van der Waals surface area contributed by atoms with Crippen molar-refractivity contribution in [2.45, 2.75) is 57.7 Å². The molecule has 1 saturated carbocycles. The predicted octanol–water partition coefficient (Wildman–Crippen LogP) is 3.41. The molecule has 1 fully saturated rings. The maximum atomic E-state index is 13.0. The molecular formula is C21H28N6OS. The molecule has 0 spiro atoms. The van der Waals surface area contributed by atoms with E-state index in [0.29, 0.717) is 18.4 Å². The number of nitrogens with one attached hydrogen (secondary N) is 1. The first-order valence-electron chi connectivity index (χ1n) is 10.3. The van der Waals surface area contributed by atoms with E-state index >= 15 is 0 Å². The van der Waals surface area contributed by atoms with Crippen LogP contribution in [0, 0.1) is 0 Å². The van der Waals surface area contributed by atoms with Gasteiger partial charge in [0.15, 0.2) is 11.6 Å². The van der Waals surface area contributed by atoms with Crippen LogP contribution < -0.4 is 14.5 Å². The Morgan fingerprint density at radius 2 is 2.07 bits per heavy atom. The molecule has 0 radical (unpaired) electrons. The summed E-state index contributed by atoms with van der Waals surface area (Å²) < 4.78 is 3.28. The number of carbonyl (C=O) groups excluding carboxylic acids is 1. The lowest BCUT2D eigenvalue weighted by molar-refractivity contribution is -0.120. The molecule has 2 aliphatic rings. The van der Waals surface area contributed by atoms with E-state index in [1.807, 2.05) is 25.6 Å². The van der Waals surface area contributed by atoms with Crippen LogP contribution in [0.4, 0.5) is 11.5 Å². The summed E-state index contributed by atoms with van der Waals surface area (Å²) >= 11 is 1.57. The first-order chi connectivity index (χ1) is 14.2. The van der Waals surface area contributed by atoms with E-state index in [9.17, 15) is 4.79 Å². The molecule has 0 saturated heterocycles. The highest BCUT2D eigenvalue weighted by molar-refractivity contribution is 7.96. The van der Waals surface area contributed by atoms with Crippen molar-refractivity contribution in [3.05, 3.63) is 30.2 Å². The Hall–Kier alpha value is -2.19. The number of likely N-dealkylation sites (N-methyl/N-ethyl adjacent to an activating group) is 1. The van der Waals surface area contributed by atoms with Gasteiger partial charge in [0, 0.05) is 37.6 Å². The Bertz CT molecular complexity index is 885. The zero-order valence-corrected chi connectivity index (χ0v) is 18.1. The molecule has 2 aromatic heterocycles. The van der Waals surface area contributed by atoms with Crippen molar-refractivity contribution < 1.29 is 4.79 Å². The topological polar surface area (TPSA) is 74.2 Å². The molecule has 1 aliphatic heterocycles. The van der Waals surface area contributed by atoms with Crippen LogP contribution in [0.25, 0.3) is 11.4 Å². The molecule has 7 nitrogen and oxygen atoms in total. The van der Waals surface area contributed by atoms with Crippen LogP contribution in [0.2, 0.25) is 0 Å². The van der Waals surface area contributed by atoms with Gasteiger partial charge >= 0.3 is 0 Å². The Kier molecular flexibility index (Phi) is 6.01. The highest BCUT2D eigenvalue weighted by atomic mass is 32.2. The number of pyridine rings is 1. The van der Waals surface area contributed by atoms with Crippen LogP contribution in [-0.2, 0) is 11.3 Å². The van der Waals surface area contributed by atoms with Gasteiger partial charge in [-0.15, -0.1) is 0 Å². The fourth-order valence-corrected chi connectivity index (χ4v) is 4.75. The van der Waals surface area contributed by atoms with E-state index in [1.165, 1.54) is 12.8 Å². The van der Waals surface area contributed by atoms with Gasteiger partial charge in [-0.3, -0.25) is 14.5 Å². The summed E-state index contributed by atoms with van der Waals surface area (Å²) in [6.45, 7) is 2.77. The molecule has 2 aromatic rings. The smallest absolute Gasteiger partial charge is 0.249 e. The summed E-state index contributed by atoms with van der Waals surface area (Å²) in [6, 6.07) is 2.18. The van der Waals surface area contributed by atoms with Crippen LogP contribution in [0.5, 0.6) is 0 Å². The number of rotatable bonds is 6. The summed E-state index contributed by atoms with van der Waals surface area (Å²) in [7, 11) is 1.83. The maximum Gasteiger partial charge on any atom is 0.249 e. The van der Waals surface area contributed by atoms with Crippen molar-refractivity contribution in [1.29, 1.82) is 0 Å². The largest absolute Gasteiger partial charge is 0.340 e. The third kappa shape index (κ3) is 3.71. The zero-order chi connectivity index (χ0) is 20.4. The summed E-state index contributed by atoms with van der Waals surface area (Å²) in [5.74, 6) is 1.71. The normalized spacial score (nSPS) is 19.7. The number of aromatic nitrogens is 3. The molecule has 29 heavy (non-hydrogen) atoms. The summed E-state index contributed by atoms with van der Waals surface area (Å²) in [5.41, 5.74) is 2.83. The quantitative estimate of drug-likeness (QED) is 0.729. The van der Waals surface area contributed by atoms with Gasteiger partial charge in [0.1, 0.15) is 11.7 Å². The van der Waals surface area contributed by atoms with Gasteiger partial charge in [0.05, 0.1) is 6.20 Å². The van der Waals surface area contributed by atoms with Gasteiger partial charge in [0.25, 0.3) is 0 Å². The van der Waals surface area contributed by atoms with E-state index in [4.69, 9.17) is 4.98 Å². The van der Waals surface area contributed by atoms with Gasteiger partial charge in [-0.1, -0.05) is 31.7 Å². The Labute approximate surface area is 176 Å². The minimum Gasteiger partial charge on any atom is -0.340 e. The second-order valence-electron chi connectivity index (χ2n) is 7.63. The minimum absolute atomic E-state index is 0.136. The molecule has 0 unspecified atom stereocenters. The Balaban J connectivity index is 1.80. The van der Waals surface area contributed by atoms with Crippen LogP contribution >= 0.6 is 11.9 Å². The van der Waals surface area contributed by atoms with Crippen molar-refractivity contribution in [2.75, 3.05) is 23.1 Å². The molecule has 3 heterocycles. The first kappa shape index (κ1) is 20.1. The second kappa shape index (κ2) is 8.67. The monoisotopic (exact) mass is 412 g/mol. The number of carbonyl (C=O) groups is 1. The van der Waals surface area contributed by atoms with Crippen molar-refractivity contribution in [2.24, 2.45) is 0 Å². The van der Waals surface area contributed by atoms with Crippen LogP contribution in [0.3, 0.4) is 0 Å². The number of nitrogens with zero attached hydrogens (tertiary/aromatic N) is 5. The highest BCUT2D eigenvalue weighted by Crippen LogP contribution is 2.40. The number of fused-ring (bicyclic) bond motifs is 1. The SMILES string of the molecule is CC[C@@H]1C(=O)N(C)c2cnc(-c3ccncc3CNSC)nc2N1C1CCCC1. The van der Waals surface area contributed by atoms with Gasteiger partial charge in [0.2, 0.25) is 5.91 Å². The van der Waals surface area contributed by atoms with Gasteiger partial charge in [-0.05, 0) is 37.1 Å². The second-order valence-corrected chi connectivity index (χ2v) is 8.32. The summed E-state index contributed by atoms with van der Waals surface area (Å²) in [4.78, 5) is 31.0. The van der Waals surface area contributed by atoms with E-state index in [0.717, 1.165) is 41.9 Å². The van der Waals surface area contributed by atoms with Crippen molar-refractivity contribution >= 4 is 29.4 Å². The molecule has 1 atom stereocenters. The van der Waals surface area contributed by atoms with Crippen LogP contribution in [0.1, 0.15) is 44.6 Å². The third-order valence-electron chi connectivity index (χ3n) is 5.96. The van der Waals surface area contributed by atoms with E-state index in [2.05, 4.69) is 26.5 Å². The Morgan fingerprint density at radius 1 is 1.28 bits per heavy atom. The highest BCUT2D eigenvalue weighted by Gasteiger charge is 2.41. The van der Waals surface area contributed by atoms with Crippen molar-refractivity contribution in [3.8, 4) is 11.4 Å². The van der Waals surface area contributed by atoms with E-state index in [1.54, 1.807) is 29.2 Å². The van der Waals surface area contributed by atoms with Crippen LogP contribution in [0.15, 0.2) is 24.7 Å². The molecule has 1 amide bonds. The lowest BCUT2D eigenvalue weighted by atomic mass is 10.0. The maximum absolute atomic E-state index is 13.0. The third-order valence-corrected chi connectivity index (χ3v) is 6.40. The standard InChI is InChI=1S/C21H28N6OS/c1-4-17-21(28)26(2)18-13-23-19(16-9-10-22-11-14(16)12-24-29-3)25-20(18)27(17)15-7-5-6-8-15/h9-11,13,15,17,24H,4-8,12H2,1-3H3/t17-/m1/s1. The van der Waals surface area contributed by atoms with Gasteiger partial charge < -0.3 is 9.80 Å². The molecule has 154 valence electrons. The summed E-state index contributed by atoms with van der Waals surface area (Å²) in [5, 5.41) is 0. The average Bonchev–Trinajstić information content (AvgIpc) is 3.28. The lowest BCUT2D eigenvalue weighted by Gasteiger charge is -2.43. The molecule has 8 heteroatoms. The number of hydrogen-bond donors (Lipinski definition) is 1. The molecule has 4 rings (SSSR count).